The van der Waals surface area contributed by atoms with E-state index in [1.54, 1.807) is 7.11 Å². The van der Waals surface area contributed by atoms with Gasteiger partial charge in [-0.25, -0.2) is 4.79 Å². The number of methoxy groups -OCH3 is 1. The summed E-state index contributed by atoms with van der Waals surface area (Å²) >= 11 is 0. The zero-order valence-corrected chi connectivity index (χ0v) is 25.0. The predicted octanol–water partition coefficient (Wildman–Crippen LogP) is 5.07. The lowest BCUT2D eigenvalue weighted by Crippen LogP contribution is -2.43. The molecule has 1 aromatic carbocycles. The molecule has 2 heterocycles. The number of likely N-dealkylation sites (tertiary alicyclic amines) is 1. The molecule has 1 saturated carbocycles. The molecule has 0 spiro atoms. The Labute approximate surface area is 234 Å². The molecular weight excluding hydrogens is 492 g/mol. The second-order valence-corrected chi connectivity index (χ2v) is 12.7. The van der Waals surface area contributed by atoms with Gasteiger partial charge in [0.25, 0.3) is 5.91 Å². The third-order valence-corrected chi connectivity index (χ3v) is 7.87. The van der Waals surface area contributed by atoms with Crippen molar-refractivity contribution < 1.29 is 19.1 Å². The average Bonchev–Trinajstić information content (AvgIpc) is 3.53. The fourth-order valence-electron chi connectivity index (χ4n) is 5.58. The highest BCUT2D eigenvalue weighted by atomic mass is 16.6. The average molecular weight is 541 g/mol. The lowest BCUT2D eigenvalue weighted by atomic mass is 9.94. The minimum Gasteiger partial charge on any atom is -0.444 e. The molecule has 0 unspecified atom stereocenters. The van der Waals surface area contributed by atoms with Crippen molar-refractivity contribution in [3.05, 3.63) is 35.5 Å². The Morgan fingerprint density at radius 3 is 2.51 bits per heavy atom. The van der Waals surface area contributed by atoms with Crippen molar-refractivity contribution >= 4 is 22.9 Å². The number of carbonyl (C=O) groups is 2. The topological polar surface area (TPSA) is 76.0 Å². The van der Waals surface area contributed by atoms with Gasteiger partial charge in [0.05, 0.1) is 0 Å². The maximum absolute atomic E-state index is 14.0. The first-order valence-corrected chi connectivity index (χ1v) is 14.6. The van der Waals surface area contributed by atoms with Crippen LogP contribution in [-0.4, -0.2) is 83.9 Å². The number of carbonyl (C=O) groups excluding carboxylic acids is 2. The summed E-state index contributed by atoms with van der Waals surface area (Å²) in [6, 6.07) is 6.71. The van der Waals surface area contributed by atoms with Crippen LogP contribution >= 0.6 is 0 Å². The Balaban J connectivity index is 1.52. The fourth-order valence-corrected chi connectivity index (χ4v) is 5.58. The SMILES string of the molecule is COCCCn1cc(C)c2ccc(C(=O)N(C[C@@H]3CN(C(=O)OC(C)(C)C)C[C@H]3CNC3CC3)C(C)C)cc21. The molecule has 8 nitrogen and oxygen atoms in total. The third kappa shape index (κ3) is 7.54. The Morgan fingerprint density at radius 1 is 1.15 bits per heavy atom. The molecule has 2 atom stereocenters. The number of hydrogen-bond donors (Lipinski definition) is 1. The van der Waals surface area contributed by atoms with Crippen molar-refractivity contribution in [3.8, 4) is 0 Å². The van der Waals surface area contributed by atoms with E-state index in [1.165, 1.54) is 23.8 Å². The normalized spacial score (nSPS) is 19.7. The van der Waals surface area contributed by atoms with Crippen LogP contribution in [0.1, 0.15) is 69.8 Å². The molecule has 1 N–H and O–H groups in total. The summed E-state index contributed by atoms with van der Waals surface area (Å²) in [6.07, 6.45) is 5.26. The molecule has 0 radical (unpaired) electrons. The summed E-state index contributed by atoms with van der Waals surface area (Å²) in [5.74, 6) is 0.494. The first-order chi connectivity index (χ1) is 18.5. The third-order valence-electron chi connectivity index (χ3n) is 7.87. The van der Waals surface area contributed by atoms with Crippen LogP contribution < -0.4 is 5.32 Å². The molecule has 4 rings (SSSR count). The highest BCUT2D eigenvalue weighted by Gasteiger charge is 2.39. The van der Waals surface area contributed by atoms with E-state index in [1.807, 2.05) is 42.7 Å². The van der Waals surface area contributed by atoms with E-state index in [-0.39, 0.29) is 29.9 Å². The summed E-state index contributed by atoms with van der Waals surface area (Å²) in [5.41, 5.74) is 2.47. The summed E-state index contributed by atoms with van der Waals surface area (Å²) in [7, 11) is 1.72. The van der Waals surface area contributed by atoms with Crippen LogP contribution in [0.3, 0.4) is 0 Å². The van der Waals surface area contributed by atoms with E-state index in [0.29, 0.717) is 37.8 Å². The first-order valence-electron chi connectivity index (χ1n) is 14.6. The molecule has 2 aromatic rings. The number of amides is 2. The Hall–Kier alpha value is -2.58. The quantitative estimate of drug-likeness (QED) is 0.403. The molecule has 216 valence electrons. The number of benzene rings is 1. The van der Waals surface area contributed by atoms with Gasteiger partial charge in [-0.1, -0.05) is 6.07 Å². The molecule has 0 bridgehead atoms. The van der Waals surface area contributed by atoms with E-state index < -0.39 is 5.60 Å². The molecule has 1 aromatic heterocycles. The molecule has 1 saturated heterocycles. The summed E-state index contributed by atoms with van der Waals surface area (Å²) in [4.78, 5) is 30.7. The molecule has 2 aliphatic rings. The molecule has 2 fully saturated rings. The summed E-state index contributed by atoms with van der Waals surface area (Å²) < 4.78 is 13.2. The molecule has 39 heavy (non-hydrogen) atoms. The predicted molar refractivity (Wildman–Crippen MR) is 155 cm³/mol. The number of aryl methyl sites for hydroxylation is 2. The van der Waals surface area contributed by atoms with Crippen LogP contribution in [0.25, 0.3) is 10.9 Å². The number of nitrogens with zero attached hydrogens (tertiary/aromatic N) is 3. The van der Waals surface area contributed by atoms with Crippen molar-refractivity contribution in [2.75, 3.05) is 39.9 Å². The minimum absolute atomic E-state index is 0.0380. The van der Waals surface area contributed by atoms with Gasteiger partial charge >= 0.3 is 6.09 Å². The molecular formula is C31H48N4O4. The lowest BCUT2D eigenvalue weighted by molar-refractivity contribution is 0.0282. The molecule has 8 heteroatoms. The maximum atomic E-state index is 14.0. The van der Waals surface area contributed by atoms with Gasteiger partial charge in [-0.2, -0.15) is 0 Å². The molecule has 1 aliphatic heterocycles. The van der Waals surface area contributed by atoms with Crippen molar-refractivity contribution in [3.63, 3.8) is 0 Å². The van der Waals surface area contributed by atoms with Crippen molar-refractivity contribution in [2.24, 2.45) is 11.8 Å². The number of ether oxygens (including phenoxy) is 2. The van der Waals surface area contributed by atoms with Crippen molar-refractivity contribution in [1.82, 2.24) is 19.7 Å². The van der Waals surface area contributed by atoms with Crippen LogP contribution in [0, 0.1) is 18.8 Å². The Kier molecular flexibility index (Phi) is 9.27. The van der Waals surface area contributed by atoms with E-state index in [9.17, 15) is 9.59 Å². The monoisotopic (exact) mass is 540 g/mol. The van der Waals surface area contributed by atoms with E-state index in [2.05, 4.69) is 42.9 Å². The van der Waals surface area contributed by atoms with Crippen LogP contribution in [0.5, 0.6) is 0 Å². The highest BCUT2D eigenvalue weighted by molar-refractivity contribution is 5.98. The van der Waals surface area contributed by atoms with Gasteiger partial charge in [-0.15, -0.1) is 0 Å². The van der Waals surface area contributed by atoms with Crippen LogP contribution in [-0.2, 0) is 16.0 Å². The number of nitrogens with one attached hydrogen (secondary N) is 1. The van der Waals surface area contributed by atoms with Gasteiger partial charge < -0.3 is 29.2 Å². The zero-order chi connectivity index (χ0) is 28.3. The van der Waals surface area contributed by atoms with Crippen molar-refractivity contribution in [2.45, 2.75) is 85.0 Å². The zero-order valence-electron chi connectivity index (χ0n) is 25.0. The van der Waals surface area contributed by atoms with Crippen LogP contribution in [0.4, 0.5) is 4.79 Å². The summed E-state index contributed by atoms with van der Waals surface area (Å²) in [6.45, 7) is 16.2. The van der Waals surface area contributed by atoms with Gasteiger partial charge in [-0.3, -0.25) is 4.79 Å². The smallest absolute Gasteiger partial charge is 0.410 e. The second kappa shape index (κ2) is 12.3. The molecule has 2 amide bonds. The lowest BCUT2D eigenvalue weighted by Gasteiger charge is -2.31. The van der Waals surface area contributed by atoms with E-state index >= 15 is 0 Å². The number of fused-ring (bicyclic) bond motifs is 1. The Morgan fingerprint density at radius 2 is 1.87 bits per heavy atom. The largest absolute Gasteiger partial charge is 0.444 e. The van der Waals surface area contributed by atoms with Crippen LogP contribution in [0.15, 0.2) is 24.4 Å². The highest BCUT2D eigenvalue weighted by Crippen LogP contribution is 2.29. The second-order valence-electron chi connectivity index (χ2n) is 12.7. The standard InChI is InChI=1S/C31H48N4O4/c1-21(2)35(29(36)23-9-12-27-22(3)17-33(28(27)15-23)13-8-14-38-7)20-25-19-34(30(37)39-31(4,5)6)18-24(25)16-32-26-10-11-26/h9,12,15,17,21,24-26,32H,8,10-11,13-14,16,18-20H2,1-7H3/t24-,25+/m1/s1. The number of aromatic nitrogens is 1. The van der Waals surface area contributed by atoms with Gasteiger partial charge in [0.1, 0.15) is 5.60 Å². The fraction of sp³-hybridized carbons (Fsp3) is 0.677. The number of rotatable bonds is 11. The minimum atomic E-state index is -0.533. The number of hydrogen-bond acceptors (Lipinski definition) is 5. The van der Waals surface area contributed by atoms with Gasteiger partial charge in [0, 0.05) is 81.2 Å². The van der Waals surface area contributed by atoms with E-state index in [4.69, 9.17) is 9.47 Å². The Bertz CT molecular complexity index is 1150. The summed E-state index contributed by atoms with van der Waals surface area (Å²) in [5, 5.41) is 4.83. The first kappa shape index (κ1) is 29.4. The maximum Gasteiger partial charge on any atom is 0.410 e. The van der Waals surface area contributed by atoms with E-state index in [0.717, 1.165) is 25.0 Å². The molecule has 1 aliphatic carbocycles. The van der Waals surface area contributed by atoms with Crippen LogP contribution in [0.2, 0.25) is 0 Å². The van der Waals surface area contributed by atoms with Gasteiger partial charge in [0.2, 0.25) is 0 Å². The van der Waals surface area contributed by atoms with Gasteiger partial charge in [-0.05, 0) is 90.3 Å². The van der Waals surface area contributed by atoms with Crippen molar-refractivity contribution in [1.29, 1.82) is 0 Å². The van der Waals surface area contributed by atoms with Gasteiger partial charge in [0.15, 0.2) is 0 Å².